The highest BCUT2D eigenvalue weighted by Gasteiger charge is 2.73. The Morgan fingerprint density at radius 3 is 2.58 bits per heavy atom. The van der Waals surface area contributed by atoms with Crippen LogP contribution >= 0.6 is 0 Å². The molecule has 0 heterocycles. The average Bonchev–Trinajstić information content (AvgIpc) is 2.76. The first-order chi connectivity index (χ1) is 12.1. The van der Waals surface area contributed by atoms with Crippen molar-refractivity contribution in [3.8, 4) is 0 Å². The number of hydrogen-bond donors (Lipinski definition) is 2. The first-order valence-corrected chi connectivity index (χ1v) is 9.72. The van der Waals surface area contributed by atoms with Crippen molar-refractivity contribution in [1.82, 2.24) is 0 Å². The zero-order valence-electron chi connectivity index (χ0n) is 15.7. The van der Waals surface area contributed by atoms with Crippen LogP contribution in [0.2, 0.25) is 0 Å². The molecule has 142 valence electrons. The van der Waals surface area contributed by atoms with E-state index in [0.717, 1.165) is 5.57 Å². The minimum absolute atomic E-state index is 0.0326. The SMILES string of the molecule is CC(=O)C1CC(=O)C2(O)C3CC=C4CC(O)CCC4(C)C3C(=O)CC12C. The normalized spacial score (nSPS) is 50.6. The van der Waals surface area contributed by atoms with Gasteiger partial charge in [0.25, 0.3) is 0 Å². The van der Waals surface area contributed by atoms with E-state index in [0.29, 0.717) is 25.7 Å². The van der Waals surface area contributed by atoms with Crippen molar-refractivity contribution in [3.05, 3.63) is 11.6 Å². The predicted octanol–water partition coefficient (Wildman–Crippen LogP) is 1.99. The maximum atomic E-state index is 13.3. The van der Waals surface area contributed by atoms with Crippen molar-refractivity contribution in [2.24, 2.45) is 28.6 Å². The molecule has 3 saturated carbocycles. The van der Waals surface area contributed by atoms with Gasteiger partial charge in [-0.3, -0.25) is 14.4 Å². The van der Waals surface area contributed by atoms with Crippen molar-refractivity contribution >= 4 is 17.3 Å². The van der Waals surface area contributed by atoms with Crippen LogP contribution in [0, 0.1) is 28.6 Å². The summed E-state index contributed by atoms with van der Waals surface area (Å²) in [6.45, 7) is 5.26. The molecule has 4 rings (SSSR count). The molecule has 0 bridgehead atoms. The average molecular weight is 360 g/mol. The Balaban J connectivity index is 1.84. The lowest BCUT2D eigenvalue weighted by molar-refractivity contribution is -0.188. The smallest absolute Gasteiger partial charge is 0.166 e. The summed E-state index contributed by atoms with van der Waals surface area (Å²) in [6, 6.07) is 0. The monoisotopic (exact) mass is 360 g/mol. The fourth-order valence-corrected chi connectivity index (χ4v) is 6.83. The summed E-state index contributed by atoms with van der Waals surface area (Å²) < 4.78 is 0. The lowest BCUT2D eigenvalue weighted by Crippen LogP contribution is -2.66. The summed E-state index contributed by atoms with van der Waals surface area (Å²) in [4.78, 5) is 38.4. The molecule has 0 aromatic carbocycles. The number of allylic oxidation sites excluding steroid dienone is 1. The quantitative estimate of drug-likeness (QED) is 0.698. The van der Waals surface area contributed by atoms with Crippen LogP contribution < -0.4 is 0 Å². The number of aliphatic hydroxyl groups is 2. The molecule has 0 aromatic heterocycles. The van der Waals surface area contributed by atoms with Gasteiger partial charge in [-0.25, -0.2) is 0 Å². The summed E-state index contributed by atoms with van der Waals surface area (Å²) in [5, 5.41) is 21.7. The number of Topliss-reactive ketones (excluding diaryl/α,β-unsaturated/α-hetero) is 3. The number of carbonyl (C=O) groups excluding carboxylic acids is 3. The molecule has 0 aromatic rings. The van der Waals surface area contributed by atoms with E-state index in [-0.39, 0.29) is 36.3 Å². The zero-order valence-corrected chi connectivity index (χ0v) is 15.7. The molecule has 0 spiro atoms. The first kappa shape index (κ1) is 18.1. The minimum atomic E-state index is -1.62. The van der Waals surface area contributed by atoms with Crippen molar-refractivity contribution in [2.75, 3.05) is 0 Å². The van der Waals surface area contributed by atoms with Gasteiger partial charge in [0.2, 0.25) is 0 Å². The lowest BCUT2D eigenvalue weighted by atomic mass is 9.45. The molecule has 0 saturated heterocycles. The number of rotatable bonds is 1. The van der Waals surface area contributed by atoms with Crippen LogP contribution in [-0.4, -0.2) is 39.3 Å². The van der Waals surface area contributed by atoms with Crippen LogP contribution in [0.3, 0.4) is 0 Å². The standard InChI is InChI=1S/C21H28O5/c1-11(22)15-9-17(25)21(26)14-5-4-12-8-13(23)6-7-19(12,2)18(14)16(24)10-20(15,21)3/h4,13-15,18,23,26H,5-10H2,1-3H3. The van der Waals surface area contributed by atoms with E-state index in [4.69, 9.17) is 0 Å². The van der Waals surface area contributed by atoms with Crippen molar-refractivity contribution in [3.63, 3.8) is 0 Å². The van der Waals surface area contributed by atoms with Gasteiger partial charge in [0.15, 0.2) is 5.78 Å². The zero-order chi connectivity index (χ0) is 19.1. The third-order valence-corrected chi connectivity index (χ3v) is 8.26. The van der Waals surface area contributed by atoms with E-state index in [1.165, 1.54) is 6.92 Å². The van der Waals surface area contributed by atoms with E-state index in [1.807, 2.05) is 13.0 Å². The second-order valence-electron chi connectivity index (χ2n) is 9.48. The largest absolute Gasteiger partial charge is 0.393 e. The van der Waals surface area contributed by atoms with Gasteiger partial charge in [-0.1, -0.05) is 25.5 Å². The molecule has 0 amide bonds. The fourth-order valence-electron chi connectivity index (χ4n) is 6.83. The Bertz CT molecular complexity index is 739. The van der Waals surface area contributed by atoms with E-state index in [1.54, 1.807) is 6.92 Å². The predicted molar refractivity (Wildman–Crippen MR) is 94.1 cm³/mol. The van der Waals surface area contributed by atoms with E-state index >= 15 is 0 Å². The highest BCUT2D eigenvalue weighted by Crippen LogP contribution is 2.65. The van der Waals surface area contributed by atoms with Gasteiger partial charge in [0.05, 0.1) is 6.10 Å². The molecular weight excluding hydrogens is 332 g/mol. The Morgan fingerprint density at radius 1 is 1.23 bits per heavy atom. The number of carbonyl (C=O) groups is 3. The van der Waals surface area contributed by atoms with Crippen molar-refractivity contribution in [1.29, 1.82) is 0 Å². The van der Waals surface area contributed by atoms with Gasteiger partial charge in [0.1, 0.15) is 17.2 Å². The van der Waals surface area contributed by atoms with Gasteiger partial charge >= 0.3 is 0 Å². The van der Waals surface area contributed by atoms with Crippen LogP contribution in [0.4, 0.5) is 0 Å². The second-order valence-corrected chi connectivity index (χ2v) is 9.48. The molecule has 4 aliphatic carbocycles. The second kappa shape index (κ2) is 5.35. The maximum absolute atomic E-state index is 13.3. The Morgan fingerprint density at radius 2 is 1.92 bits per heavy atom. The summed E-state index contributed by atoms with van der Waals surface area (Å²) in [5.74, 6) is -1.82. The summed E-state index contributed by atoms with van der Waals surface area (Å²) in [7, 11) is 0. The molecule has 26 heavy (non-hydrogen) atoms. The van der Waals surface area contributed by atoms with E-state index in [9.17, 15) is 24.6 Å². The summed E-state index contributed by atoms with van der Waals surface area (Å²) in [5.41, 5.74) is -1.95. The van der Waals surface area contributed by atoms with Gasteiger partial charge in [-0.2, -0.15) is 0 Å². The van der Waals surface area contributed by atoms with Crippen LogP contribution in [0.1, 0.15) is 59.3 Å². The fraction of sp³-hybridized carbons (Fsp3) is 0.762. The summed E-state index contributed by atoms with van der Waals surface area (Å²) in [6.07, 6.45) is 4.09. The number of ketones is 3. The topological polar surface area (TPSA) is 91.7 Å². The first-order valence-electron chi connectivity index (χ1n) is 9.72. The van der Waals surface area contributed by atoms with Crippen LogP contribution in [0.15, 0.2) is 11.6 Å². The highest BCUT2D eigenvalue weighted by molar-refractivity contribution is 6.01. The third-order valence-electron chi connectivity index (χ3n) is 8.26. The Hall–Kier alpha value is -1.33. The molecule has 3 fully saturated rings. The molecule has 5 heteroatoms. The molecule has 7 atom stereocenters. The van der Waals surface area contributed by atoms with E-state index in [2.05, 4.69) is 0 Å². The van der Waals surface area contributed by atoms with Crippen molar-refractivity contribution in [2.45, 2.75) is 71.0 Å². The van der Waals surface area contributed by atoms with Crippen LogP contribution in [0.5, 0.6) is 0 Å². The third kappa shape index (κ3) is 1.96. The molecule has 0 radical (unpaired) electrons. The molecular formula is C21H28O5. The molecule has 2 N–H and O–H groups in total. The van der Waals surface area contributed by atoms with Crippen LogP contribution in [0.25, 0.3) is 0 Å². The minimum Gasteiger partial charge on any atom is -0.393 e. The number of hydrogen-bond acceptors (Lipinski definition) is 5. The Labute approximate surface area is 153 Å². The molecule has 5 nitrogen and oxygen atoms in total. The van der Waals surface area contributed by atoms with Gasteiger partial charge in [0, 0.05) is 36.0 Å². The van der Waals surface area contributed by atoms with Gasteiger partial charge in [-0.05, 0) is 38.0 Å². The molecule has 7 unspecified atom stereocenters. The summed E-state index contributed by atoms with van der Waals surface area (Å²) >= 11 is 0. The molecule has 4 aliphatic rings. The van der Waals surface area contributed by atoms with E-state index < -0.39 is 34.2 Å². The van der Waals surface area contributed by atoms with Crippen molar-refractivity contribution < 1.29 is 24.6 Å². The molecule has 0 aliphatic heterocycles. The highest BCUT2D eigenvalue weighted by atomic mass is 16.3. The van der Waals surface area contributed by atoms with Gasteiger partial charge < -0.3 is 10.2 Å². The number of aliphatic hydroxyl groups excluding tert-OH is 1. The van der Waals surface area contributed by atoms with Gasteiger partial charge in [-0.15, -0.1) is 0 Å². The lowest BCUT2D eigenvalue weighted by Gasteiger charge is -2.59. The number of fused-ring (bicyclic) bond motifs is 5. The Kier molecular flexibility index (Phi) is 3.72. The van der Waals surface area contributed by atoms with Crippen LogP contribution in [-0.2, 0) is 14.4 Å². The maximum Gasteiger partial charge on any atom is 0.166 e.